The zero-order valence-corrected chi connectivity index (χ0v) is 11.4. The van der Waals surface area contributed by atoms with Crippen LogP contribution in [0.15, 0.2) is 12.1 Å². The molecular weight excluding hydrogens is 228 g/mol. The maximum absolute atomic E-state index is 12.0. The van der Waals surface area contributed by atoms with E-state index in [9.17, 15) is 4.79 Å². The molecule has 0 aliphatic carbocycles. The smallest absolute Gasteiger partial charge is 0.251 e. The number of anilines is 1. The minimum atomic E-state index is -0.0925. The highest BCUT2D eigenvalue weighted by Gasteiger charge is 2.12. The van der Waals surface area contributed by atoms with Gasteiger partial charge in [-0.2, -0.15) is 0 Å². The first-order valence-corrected chi connectivity index (χ1v) is 6.18. The van der Waals surface area contributed by atoms with Crippen molar-refractivity contribution < 1.29 is 4.79 Å². The van der Waals surface area contributed by atoms with Gasteiger partial charge in [0, 0.05) is 17.3 Å². The second kappa shape index (κ2) is 6.35. The lowest BCUT2D eigenvalue weighted by atomic mass is 10.0. The van der Waals surface area contributed by atoms with Crippen molar-refractivity contribution in [3.63, 3.8) is 0 Å². The van der Waals surface area contributed by atoms with E-state index in [1.54, 1.807) is 12.1 Å². The fourth-order valence-electron chi connectivity index (χ4n) is 1.95. The summed E-state index contributed by atoms with van der Waals surface area (Å²) in [7, 11) is 0. The fourth-order valence-corrected chi connectivity index (χ4v) is 1.95. The molecule has 0 aliphatic rings. The van der Waals surface area contributed by atoms with Gasteiger partial charge >= 0.3 is 0 Å². The molecular formula is C13H22N4O. The van der Waals surface area contributed by atoms with Crippen molar-refractivity contribution in [3.8, 4) is 0 Å². The monoisotopic (exact) mass is 250 g/mol. The molecule has 5 nitrogen and oxygen atoms in total. The molecule has 18 heavy (non-hydrogen) atoms. The third-order valence-electron chi connectivity index (χ3n) is 2.57. The van der Waals surface area contributed by atoms with Gasteiger partial charge in [-0.25, -0.2) is 10.8 Å². The van der Waals surface area contributed by atoms with Crippen molar-refractivity contribution in [2.24, 2.45) is 11.8 Å². The van der Waals surface area contributed by atoms with E-state index < -0.39 is 0 Å². The van der Waals surface area contributed by atoms with Gasteiger partial charge in [-0.1, -0.05) is 13.8 Å². The van der Waals surface area contributed by atoms with Gasteiger partial charge in [0.25, 0.3) is 5.91 Å². The quantitative estimate of drug-likeness (QED) is 0.550. The summed E-state index contributed by atoms with van der Waals surface area (Å²) < 4.78 is 0. The lowest BCUT2D eigenvalue weighted by Gasteiger charge is -2.16. The Bertz CT molecular complexity index is 417. The summed E-state index contributed by atoms with van der Waals surface area (Å²) in [4.78, 5) is 16.2. The number of carbonyl (C=O) groups excluding carboxylic acids is 1. The van der Waals surface area contributed by atoms with Crippen LogP contribution in [0.3, 0.4) is 0 Å². The predicted molar refractivity (Wildman–Crippen MR) is 73.2 cm³/mol. The number of nitrogens with zero attached hydrogens (tertiary/aromatic N) is 1. The zero-order valence-electron chi connectivity index (χ0n) is 11.4. The van der Waals surface area contributed by atoms with E-state index in [0.29, 0.717) is 17.3 Å². The van der Waals surface area contributed by atoms with Crippen molar-refractivity contribution in [1.82, 2.24) is 10.3 Å². The lowest BCUT2D eigenvalue weighted by molar-refractivity contribution is 0.0936. The number of rotatable bonds is 5. The summed E-state index contributed by atoms with van der Waals surface area (Å²) in [5.74, 6) is 6.27. The molecule has 1 heterocycles. The summed E-state index contributed by atoms with van der Waals surface area (Å²) >= 11 is 0. The van der Waals surface area contributed by atoms with E-state index in [1.165, 1.54) is 0 Å². The van der Waals surface area contributed by atoms with Crippen LogP contribution in [0.5, 0.6) is 0 Å². The summed E-state index contributed by atoms with van der Waals surface area (Å²) in [6, 6.07) is 3.54. The molecule has 1 aromatic rings. The Morgan fingerprint density at radius 3 is 2.61 bits per heavy atom. The normalized spacial score (nSPS) is 12.3. The molecule has 1 unspecified atom stereocenters. The van der Waals surface area contributed by atoms with Crippen LogP contribution < -0.4 is 16.6 Å². The van der Waals surface area contributed by atoms with E-state index in [4.69, 9.17) is 5.84 Å². The van der Waals surface area contributed by atoms with Crippen molar-refractivity contribution >= 4 is 11.7 Å². The highest BCUT2D eigenvalue weighted by molar-refractivity contribution is 5.95. The second-order valence-electron chi connectivity index (χ2n) is 5.03. The number of pyridine rings is 1. The number of nitrogens with one attached hydrogen (secondary N) is 2. The molecule has 1 amide bonds. The summed E-state index contributed by atoms with van der Waals surface area (Å²) in [5.41, 5.74) is 3.79. The van der Waals surface area contributed by atoms with Crippen molar-refractivity contribution in [2.45, 2.75) is 40.2 Å². The Hall–Kier alpha value is -1.62. The maximum Gasteiger partial charge on any atom is 0.251 e. The van der Waals surface area contributed by atoms with Crippen LogP contribution in [0.25, 0.3) is 0 Å². The molecule has 0 radical (unpaired) electrons. The molecule has 1 aromatic heterocycles. The largest absolute Gasteiger partial charge is 0.350 e. The molecule has 100 valence electrons. The number of hydrogen-bond acceptors (Lipinski definition) is 4. The van der Waals surface area contributed by atoms with Gasteiger partial charge in [0.15, 0.2) is 0 Å². The third-order valence-corrected chi connectivity index (χ3v) is 2.57. The topological polar surface area (TPSA) is 80.0 Å². The Kier molecular flexibility index (Phi) is 5.09. The maximum atomic E-state index is 12.0. The van der Waals surface area contributed by atoms with E-state index in [-0.39, 0.29) is 11.9 Å². The molecule has 1 atom stereocenters. The number of carbonyl (C=O) groups is 1. The number of nitrogens with two attached hydrogens (primary N) is 1. The number of hydrazine groups is 1. The lowest BCUT2D eigenvalue weighted by Crippen LogP contribution is -2.33. The van der Waals surface area contributed by atoms with Crippen molar-refractivity contribution in [1.29, 1.82) is 0 Å². The average molecular weight is 250 g/mol. The Morgan fingerprint density at radius 1 is 1.39 bits per heavy atom. The highest BCUT2D eigenvalue weighted by Crippen LogP contribution is 2.10. The van der Waals surface area contributed by atoms with Crippen molar-refractivity contribution in [3.05, 3.63) is 23.4 Å². The molecule has 0 fully saturated rings. The van der Waals surface area contributed by atoms with Gasteiger partial charge in [0.05, 0.1) is 0 Å². The first kappa shape index (κ1) is 14.4. The van der Waals surface area contributed by atoms with Crippen LogP contribution in [0.1, 0.15) is 43.2 Å². The molecule has 0 bridgehead atoms. The first-order chi connectivity index (χ1) is 8.42. The molecule has 4 N–H and O–H groups in total. The Balaban J connectivity index is 2.74. The number of nitrogen functional groups attached to an aromatic ring is 1. The second-order valence-corrected chi connectivity index (χ2v) is 5.03. The predicted octanol–water partition coefficient (Wildman–Crippen LogP) is 1.84. The van der Waals surface area contributed by atoms with Crippen LogP contribution in [0, 0.1) is 12.8 Å². The van der Waals surface area contributed by atoms with Crippen LogP contribution in [-0.2, 0) is 0 Å². The van der Waals surface area contributed by atoms with Gasteiger partial charge in [-0.3, -0.25) is 4.79 Å². The molecule has 5 heteroatoms. The van der Waals surface area contributed by atoms with Gasteiger partial charge in [-0.15, -0.1) is 0 Å². The number of hydrogen-bond donors (Lipinski definition) is 3. The average Bonchev–Trinajstić information content (AvgIpc) is 2.26. The van der Waals surface area contributed by atoms with Gasteiger partial charge < -0.3 is 10.7 Å². The Morgan fingerprint density at radius 2 is 2.06 bits per heavy atom. The van der Waals surface area contributed by atoms with E-state index >= 15 is 0 Å². The number of amides is 1. The zero-order chi connectivity index (χ0) is 13.7. The minimum Gasteiger partial charge on any atom is -0.350 e. The van der Waals surface area contributed by atoms with E-state index in [2.05, 4.69) is 29.6 Å². The molecule has 1 rings (SSSR count). The number of aromatic nitrogens is 1. The van der Waals surface area contributed by atoms with E-state index in [1.807, 2.05) is 13.8 Å². The number of aryl methyl sites for hydroxylation is 1. The Labute approximate surface area is 108 Å². The summed E-state index contributed by atoms with van der Waals surface area (Å²) in [6.45, 7) is 8.11. The third kappa shape index (κ3) is 4.33. The van der Waals surface area contributed by atoms with Gasteiger partial charge in [-0.05, 0) is 38.3 Å². The standard InChI is InChI=1S/C13H22N4O/c1-8(2)5-9(3)16-13(18)11-6-10(4)15-12(7-11)17-14/h6-9H,5,14H2,1-4H3,(H,15,17)(H,16,18). The summed E-state index contributed by atoms with van der Waals surface area (Å²) in [6.07, 6.45) is 0.956. The SMILES string of the molecule is Cc1cc(C(=O)NC(C)CC(C)C)cc(NN)n1. The molecule has 0 spiro atoms. The van der Waals surface area contributed by atoms with Crippen LogP contribution in [0.2, 0.25) is 0 Å². The molecule has 0 aliphatic heterocycles. The summed E-state index contributed by atoms with van der Waals surface area (Å²) in [5, 5.41) is 2.97. The van der Waals surface area contributed by atoms with Crippen molar-refractivity contribution in [2.75, 3.05) is 5.43 Å². The molecule has 0 aromatic carbocycles. The van der Waals surface area contributed by atoms with Crippen LogP contribution in [-0.4, -0.2) is 16.9 Å². The van der Waals surface area contributed by atoms with Gasteiger partial charge in [0.2, 0.25) is 0 Å². The van der Waals surface area contributed by atoms with Gasteiger partial charge in [0.1, 0.15) is 5.82 Å². The van der Waals surface area contributed by atoms with E-state index in [0.717, 1.165) is 12.1 Å². The van der Waals surface area contributed by atoms with Crippen LogP contribution >= 0.6 is 0 Å². The van der Waals surface area contributed by atoms with Crippen LogP contribution in [0.4, 0.5) is 5.82 Å². The molecule has 0 saturated heterocycles. The molecule has 0 saturated carbocycles. The first-order valence-electron chi connectivity index (χ1n) is 6.18. The highest BCUT2D eigenvalue weighted by atomic mass is 16.1. The minimum absolute atomic E-state index is 0.0925. The fraction of sp³-hybridized carbons (Fsp3) is 0.538.